The Morgan fingerprint density at radius 3 is 2.86 bits per heavy atom. The predicted molar refractivity (Wildman–Crippen MR) is 68.0 cm³/mol. The Morgan fingerprint density at radius 2 is 2.23 bits per heavy atom. The van der Waals surface area contributed by atoms with Gasteiger partial charge in [0, 0.05) is 5.41 Å². The molecule has 0 spiro atoms. The van der Waals surface area contributed by atoms with E-state index >= 15 is 0 Å². The monoisotopic (exact) mass is 332 g/mol. The minimum absolute atomic E-state index is 0.108. The second kappa shape index (κ2) is 4.87. The zero-order chi connectivity index (χ0) is 16.1. The van der Waals surface area contributed by atoms with Crippen molar-refractivity contribution in [1.29, 1.82) is 0 Å². The SMILES string of the molecule is O=C(O)C1=CS[C@@H]2/C(=C/c3cn(CC(F)(F)F)nn3)C(=O)N12. The molecular weight excluding hydrogens is 325 g/mol. The standard InChI is InChI=1S/C11H7F3N4O3S/c12-11(13,14)4-17-2-5(15-16-17)1-6-8(19)18-7(10(20)21)3-22-9(6)18/h1-3,9H,4H2,(H,20,21)/b6-1+/t9-/m1/s1. The number of halogens is 3. The number of hydrogen-bond acceptors (Lipinski definition) is 5. The molecule has 1 aromatic rings. The topological polar surface area (TPSA) is 88.3 Å². The van der Waals surface area contributed by atoms with Crippen LogP contribution < -0.4 is 0 Å². The number of carbonyl (C=O) groups excluding carboxylic acids is 1. The van der Waals surface area contributed by atoms with Gasteiger partial charge in [0.1, 0.15) is 23.3 Å². The van der Waals surface area contributed by atoms with Crippen LogP contribution in [0.15, 0.2) is 22.9 Å². The van der Waals surface area contributed by atoms with Crippen LogP contribution in [0.1, 0.15) is 5.69 Å². The number of hydrogen-bond donors (Lipinski definition) is 1. The molecule has 3 rings (SSSR count). The Balaban J connectivity index is 1.76. The molecule has 0 saturated carbocycles. The van der Waals surface area contributed by atoms with E-state index in [2.05, 4.69) is 10.3 Å². The van der Waals surface area contributed by atoms with Crippen molar-refractivity contribution in [3.63, 3.8) is 0 Å². The smallest absolute Gasteiger partial charge is 0.408 e. The summed E-state index contributed by atoms with van der Waals surface area (Å²) >= 11 is 1.14. The minimum Gasteiger partial charge on any atom is -0.477 e. The van der Waals surface area contributed by atoms with Crippen molar-refractivity contribution >= 4 is 29.7 Å². The summed E-state index contributed by atoms with van der Waals surface area (Å²) in [7, 11) is 0. The molecule has 0 unspecified atom stereocenters. The highest BCUT2D eigenvalue weighted by atomic mass is 32.2. The lowest BCUT2D eigenvalue weighted by Crippen LogP contribution is -2.51. The summed E-state index contributed by atoms with van der Waals surface area (Å²) in [6.07, 6.45) is -2.03. The number of carboxylic acids is 1. The van der Waals surface area contributed by atoms with Gasteiger partial charge in [-0.05, 0) is 6.08 Å². The molecule has 7 nitrogen and oxygen atoms in total. The fourth-order valence-electron chi connectivity index (χ4n) is 2.07. The van der Waals surface area contributed by atoms with Crippen LogP contribution >= 0.6 is 11.8 Å². The van der Waals surface area contributed by atoms with Crippen LogP contribution in [0.4, 0.5) is 13.2 Å². The molecule has 0 aromatic carbocycles. The molecule has 2 aliphatic rings. The Morgan fingerprint density at radius 1 is 1.50 bits per heavy atom. The van der Waals surface area contributed by atoms with Crippen LogP contribution in [0.3, 0.4) is 0 Å². The van der Waals surface area contributed by atoms with E-state index in [1.54, 1.807) is 0 Å². The van der Waals surface area contributed by atoms with E-state index in [9.17, 15) is 22.8 Å². The van der Waals surface area contributed by atoms with Crippen molar-refractivity contribution in [3.8, 4) is 0 Å². The summed E-state index contributed by atoms with van der Waals surface area (Å²) in [5.41, 5.74) is 0.269. The van der Waals surface area contributed by atoms with E-state index < -0.39 is 30.0 Å². The normalized spacial score (nSPS) is 22.6. The van der Waals surface area contributed by atoms with E-state index in [4.69, 9.17) is 5.11 Å². The highest BCUT2D eigenvalue weighted by Crippen LogP contribution is 2.44. The van der Waals surface area contributed by atoms with Gasteiger partial charge in [-0.25, -0.2) is 9.48 Å². The molecule has 1 atom stereocenters. The second-order valence-corrected chi connectivity index (χ2v) is 5.48. The lowest BCUT2D eigenvalue weighted by Gasteiger charge is -2.36. The Hall–Kier alpha value is -2.30. The van der Waals surface area contributed by atoms with Gasteiger partial charge < -0.3 is 5.11 Å². The third kappa shape index (κ3) is 2.47. The van der Waals surface area contributed by atoms with Crippen LogP contribution in [0.5, 0.6) is 0 Å². The number of carbonyl (C=O) groups is 2. The molecule has 0 radical (unpaired) electrons. The minimum atomic E-state index is -4.41. The van der Waals surface area contributed by atoms with E-state index in [1.165, 1.54) is 11.5 Å². The first-order valence-corrected chi connectivity index (χ1v) is 6.81. The lowest BCUT2D eigenvalue weighted by atomic mass is 10.0. The van der Waals surface area contributed by atoms with Gasteiger partial charge in [-0.1, -0.05) is 5.21 Å². The maximum Gasteiger partial charge on any atom is 0.408 e. The molecule has 3 heterocycles. The number of carboxylic acid groups (broad SMARTS) is 1. The summed E-state index contributed by atoms with van der Waals surface area (Å²) in [5.74, 6) is -1.72. The predicted octanol–water partition coefficient (Wildman–Crippen LogP) is 1.06. The number of alkyl halides is 3. The van der Waals surface area contributed by atoms with Crippen LogP contribution in [0, 0.1) is 0 Å². The third-order valence-corrected chi connectivity index (χ3v) is 4.04. The van der Waals surface area contributed by atoms with Gasteiger partial charge >= 0.3 is 12.1 Å². The Labute approximate surface area is 125 Å². The molecule has 11 heteroatoms. The van der Waals surface area contributed by atoms with Crippen molar-refractivity contribution in [2.45, 2.75) is 18.1 Å². The Bertz CT molecular complexity index is 724. The third-order valence-electron chi connectivity index (χ3n) is 2.95. The van der Waals surface area contributed by atoms with Crippen molar-refractivity contribution in [2.75, 3.05) is 0 Å². The fourth-order valence-corrected chi connectivity index (χ4v) is 3.18. The molecule has 1 saturated heterocycles. The maximum atomic E-state index is 12.2. The highest BCUT2D eigenvalue weighted by molar-refractivity contribution is 8.03. The van der Waals surface area contributed by atoms with Gasteiger partial charge in [-0.15, -0.1) is 16.9 Å². The van der Waals surface area contributed by atoms with Gasteiger partial charge in [0.15, 0.2) is 0 Å². The zero-order valence-electron chi connectivity index (χ0n) is 10.6. The van der Waals surface area contributed by atoms with Crippen molar-refractivity contribution in [2.24, 2.45) is 0 Å². The number of aromatic nitrogens is 3. The van der Waals surface area contributed by atoms with Crippen LogP contribution in [0.2, 0.25) is 0 Å². The van der Waals surface area contributed by atoms with E-state index in [-0.39, 0.29) is 17.0 Å². The number of amides is 1. The summed E-state index contributed by atoms with van der Waals surface area (Å²) < 4.78 is 37.3. The number of aliphatic carboxylic acids is 1. The van der Waals surface area contributed by atoms with E-state index in [0.717, 1.165) is 22.9 Å². The van der Waals surface area contributed by atoms with Gasteiger partial charge in [0.25, 0.3) is 5.91 Å². The molecule has 1 amide bonds. The summed E-state index contributed by atoms with van der Waals surface area (Å²) in [6.45, 7) is -1.27. The number of rotatable bonds is 3. The van der Waals surface area contributed by atoms with Crippen LogP contribution in [-0.2, 0) is 16.1 Å². The van der Waals surface area contributed by atoms with E-state index in [1.807, 2.05) is 0 Å². The quantitative estimate of drug-likeness (QED) is 0.658. The van der Waals surface area contributed by atoms with Crippen molar-refractivity contribution in [3.05, 3.63) is 28.6 Å². The summed E-state index contributed by atoms with van der Waals surface area (Å²) in [4.78, 5) is 23.9. The molecule has 1 fully saturated rings. The molecule has 116 valence electrons. The number of fused-ring (bicyclic) bond motifs is 1. The van der Waals surface area contributed by atoms with Gasteiger partial charge in [-0.3, -0.25) is 9.69 Å². The number of nitrogens with zero attached hydrogens (tertiary/aromatic N) is 4. The van der Waals surface area contributed by atoms with Gasteiger partial charge in [0.2, 0.25) is 0 Å². The molecular formula is C11H7F3N4O3S. The molecule has 0 bridgehead atoms. The molecule has 22 heavy (non-hydrogen) atoms. The second-order valence-electron chi connectivity index (χ2n) is 4.53. The molecule has 0 aliphatic carbocycles. The van der Waals surface area contributed by atoms with E-state index in [0.29, 0.717) is 4.68 Å². The largest absolute Gasteiger partial charge is 0.477 e. The van der Waals surface area contributed by atoms with Gasteiger partial charge in [-0.2, -0.15) is 13.2 Å². The molecule has 2 aliphatic heterocycles. The van der Waals surface area contributed by atoms with Gasteiger partial charge in [0.05, 0.1) is 11.8 Å². The summed E-state index contributed by atoms with van der Waals surface area (Å²) in [6, 6.07) is 0. The summed E-state index contributed by atoms with van der Waals surface area (Å²) in [5, 5.41) is 16.7. The number of thioether (sulfide) groups is 1. The average molecular weight is 332 g/mol. The number of β-lactam (4-membered cyclic amide) rings is 1. The first-order valence-electron chi connectivity index (χ1n) is 5.87. The Kier molecular flexibility index (Phi) is 3.24. The van der Waals surface area contributed by atoms with Crippen LogP contribution in [0.25, 0.3) is 6.08 Å². The highest BCUT2D eigenvalue weighted by Gasteiger charge is 2.49. The molecule has 1 aromatic heterocycles. The first kappa shape index (κ1) is 14.6. The zero-order valence-corrected chi connectivity index (χ0v) is 11.4. The lowest BCUT2D eigenvalue weighted by molar-refractivity contribution is -0.142. The fraction of sp³-hybridized carbons (Fsp3) is 0.273. The van der Waals surface area contributed by atoms with Crippen LogP contribution in [-0.4, -0.2) is 48.4 Å². The van der Waals surface area contributed by atoms with Crippen molar-refractivity contribution < 1.29 is 27.9 Å². The van der Waals surface area contributed by atoms with Crippen molar-refractivity contribution in [1.82, 2.24) is 19.9 Å². The maximum absolute atomic E-state index is 12.2. The molecule has 1 N–H and O–H groups in total. The average Bonchev–Trinajstić information content (AvgIpc) is 2.98. The first-order chi connectivity index (χ1) is 10.3.